The molecule has 3 heterocycles. The highest BCUT2D eigenvalue weighted by Crippen LogP contribution is 2.29. The quantitative estimate of drug-likeness (QED) is 0.620. The molecule has 0 spiro atoms. The van der Waals surface area contributed by atoms with Crippen LogP contribution in [0.5, 0.6) is 5.75 Å². The van der Waals surface area contributed by atoms with Crippen molar-refractivity contribution in [1.82, 2.24) is 19.5 Å². The minimum Gasteiger partial charge on any atom is -0.497 e. The fourth-order valence-electron chi connectivity index (χ4n) is 4.21. The van der Waals surface area contributed by atoms with Gasteiger partial charge in [0.1, 0.15) is 5.75 Å². The second-order valence-electron chi connectivity index (χ2n) is 7.61. The van der Waals surface area contributed by atoms with Crippen molar-refractivity contribution in [2.45, 2.75) is 57.3 Å². The second-order valence-corrected chi connectivity index (χ2v) is 8.55. The zero-order valence-corrected chi connectivity index (χ0v) is 17.6. The summed E-state index contributed by atoms with van der Waals surface area (Å²) < 4.78 is 7.43. The number of carbonyl (C=O) groups is 1. The highest BCUT2D eigenvalue weighted by Gasteiger charge is 2.29. The minimum atomic E-state index is 0.177. The summed E-state index contributed by atoms with van der Waals surface area (Å²) in [5.74, 6) is 1.33. The van der Waals surface area contributed by atoms with E-state index in [9.17, 15) is 4.79 Å². The molecular weight excluding hydrogens is 372 g/mol. The lowest BCUT2D eigenvalue weighted by Gasteiger charge is -2.39. The number of thioether (sulfide) groups is 1. The lowest BCUT2D eigenvalue weighted by molar-refractivity contribution is -0.134. The zero-order valence-electron chi connectivity index (χ0n) is 16.8. The van der Waals surface area contributed by atoms with Crippen LogP contribution < -0.4 is 4.74 Å². The van der Waals surface area contributed by atoms with Gasteiger partial charge in [0.05, 0.1) is 18.4 Å². The van der Waals surface area contributed by atoms with E-state index < -0.39 is 0 Å². The normalized spacial score (nSPS) is 20.1. The number of hydrogen-bond acceptors (Lipinski definition) is 5. The topological polar surface area (TPSA) is 59.7 Å². The van der Waals surface area contributed by atoms with Crippen LogP contribution in [0.4, 0.5) is 0 Å². The van der Waals surface area contributed by atoms with E-state index in [4.69, 9.17) is 4.74 Å². The molecule has 0 N–H and O–H groups in total. The predicted molar refractivity (Wildman–Crippen MR) is 112 cm³/mol. The van der Waals surface area contributed by atoms with E-state index in [1.807, 2.05) is 34.4 Å². The maximum Gasteiger partial charge on any atom is 0.233 e. The van der Waals surface area contributed by atoms with Crippen molar-refractivity contribution in [3.8, 4) is 5.75 Å². The highest BCUT2D eigenvalue weighted by atomic mass is 32.2. The van der Waals surface area contributed by atoms with E-state index >= 15 is 0 Å². The first-order chi connectivity index (χ1) is 13.5. The number of pyridine rings is 1. The van der Waals surface area contributed by atoms with Gasteiger partial charge in [0.15, 0.2) is 10.8 Å². The fraction of sp³-hybridized carbons (Fsp3) is 0.476. The number of benzene rings is 1. The molecule has 148 valence electrons. The summed E-state index contributed by atoms with van der Waals surface area (Å²) in [6.07, 6.45) is 3.36. The third-order valence-electron chi connectivity index (χ3n) is 5.64. The molecule has 1 aliphatic rings. The summed E-state index contributed by atoms with van der Waals surface area (Å²) in [6, 6.07) is 8.70. The van der Waals surface area contributed by atoms with Crippen LogP contribution in [0.25, 0.3) is 16.6 Å². The SMILES string of the molecule is COc1ccc2cc(C)c3nnc(SCC(=O)N4C(C)CCCC4C)n3c2c1. The summed E-state index contributed by atoms with van der Waals surface area (Å²) >= 11 is 1.46. The maximum absolute atomic E-state index is 12.9. The lowest BCUT2D eigenvalue weighted by atomic mass is 9.98. The van der Waals surface area contributed by atoms with Crippen molar-refractivity contribution in [1.29, 1.82) is 0 Å². The van der Waals surface area contributed by atoms with Gasteiger partial charge in [0.25, 0.3) is 0 Å². The van der Waals surface area contributed by atoms with Crippen molar-refractivity contribution in [2.24, 2.45) is 0 Å². The van der Waals surface area contributed by atoms with Gasteiger partial charge in [0.2, 0.25) is 5.91 Å². The van der Waals surface area contributed by atoms with Gasteiger partial charge >= 0.3 is 0 Å². The standard InChI is InChI=1S/C21H26N4O2S/c1-13-10-16-8-9-17(27-4)11-18(16)25-20(13)22-23-21(25)28-12-19(26)24-14(2)6-5-7-15(24)3/h8-11,14-15H,5-7,12H2,1-4H3. The number of likely N-dealkylation sites (tertiary alicyclic amines) is 1. The molecule has 2 atom stereocenters. The summed E-state index contributed by atoms with van der Waals surface area (Å²) in [7, 11) is 1.66. The summed E-state index contributed by atoms with van der Waals surface area (Å²) in [5, 5.41) is 10.6. The molecule has 1 amide bonds. The molecule has 1 saturated heterocycles. The Morgan fingerprint density at radius 3 is 2.68 bits per heavy atom. The van der Waals surface area contributed by atoms with Crippen molar-refractivity contribution in [2.75, 3.05) is 12.9 Å². The Morgan fingerprint density at radius 1 is 1.21 bits per heavy atom. The Balaban J connectivity index is 1.66. The molecule has 1 aromatic carbocycles. The molecule has 2 aromatic heterocycles. The van der Waals surface area contributed by atoms with Crippen molar-refractivity contribution < 1.29 is 9.53 Å². The Kier molecular flexibility index (Phi) is 5.19. The first-order valence-electron chi connectivity index (χ1n) is 9.76. The molecule has 2 unspecified atom stereocenters. The third kappa shape index (κ3) is 3.32. The van der Waals surface area contributed by atoms with Gasteiger partial charge in [-0.15, -0.1) is 10.2 Å². The number of fused-ring (bicyclic) bond motifs is 3. The molecular formula is C21H26N4O2S. The van der Waals surface area contributed by atoms with E-state index in [2.05, 4.69) is 30.1 Å². The van der Waals surface area contributed by atoms with Gasteiger partial charge in [-0.25, -0.2) is 0 Å². The number of nitrogens with zero attached hydrogens (tertiary/aromatic N) is 4. The molecule has 1 aliphatic heterocycles. The number of carbonyl (C=O) groups excluding carboxylic acids is 1. The third-order valence-corrected chi connectivity index (χ3v) is 6.56. The van der Waals surface area contributed by atoms with Crippen molar-refractivity contribution in [3.05, 3.63) is 29.8 Å². The lowest BCUT2D eigenvalue weighted by Crippen LogP contribution is -2.48. The van der Waals surface area contributed by atoms with Crippen LogP contribution in [-0.4, -0.2) is 50.4 Å². The van der Waals surface area contributed by atoms with Crippen molar-refractivity contribution >= 4 is 34.2 Å². The van der Waals surface area contributed by atoms with E-state index in [0.717, 1.165) is 45.9 Å². The average molecular weight is 399 g/mol. The van der Waals surface area contributed by atoms with Gasteiger partial charge in [-0.3, -0.25) is 9.20 Å². The van der Waals surface area contributed by atoms with E-state index in [1.54, 1.807) is 7.11 Å². The fourth-order valence-corrected chi connectivity index (χ4v) is 5.03. The molecule has 6 nitrogen and oxygen atoms in total. The molecule has 0 saturated carbocycles. The van der Waals surface area contributed by atoms with Crippen molar-refractivity contribution in [3.63, 3.8) is 0 Å². The van der Waals surface area contributed by atoms with Crippen LogP contribution in [0.3, 0.4) is 0 Å². The van der Waals surface area contributed by atoms with Crippen LogP contribution in [0.2, 0.25) is 0 Å². The zero-order chi connectivity index (χ0) is 19.8. The van der Waals surface area contributed by atoms with E-state index in [1.165, 1.54) is 18.2 Å². The Labute approximate surface area is 169 Å². The largest absolute Gasteiger partial charge is 0.497 e. The van der Waals surface area contributed by atoms with Crippen LogP contribution in [0.15, 0.2) is 29.4 Å². The molecule has 7 heteroatoms. The minimum absolute atomic E-state index is 0.177. The smallest absolute Gasteiger partial charge is 0.233 e. The first-order valence-corrected chi connectivity index (χ1v) is 10.7. The summed E-state index contributed by atoms with van der Waals surface area (Å²) in [6.45, 7) is 6.33. The molecule has 3 aromatic rings. The Bertz CT molecular complexity index is 1020. The van der Waals surface area contributed by atoms with Crippen LogP contribution in [0.1, 0.15) is 38.7 Å². The number of piperidine rings is 1. The number of ether oxygens (including phenoxy) is 1. The monoisotopic (exact) mass is 398 g/mol. The van der Waals surface area contributed by atoms with Crippen LogP contribution in [-0.2, 0) is 4.79 Å². The number of amides is 1. The summed E-state index contributed by atoms with van der Waals surface area (Å²) in [4.78, 5) is 15.0. The Hall–Kier alpha value is -2.28. The first kappa shape index (κ1) is 19.1. The molecule has 1 fully saturated rings. The van der Waals surface area contributed by atoms with Gasteiger partial charge in [0, 0.05) is 18.2 Å². The van der Waals surface area contributed by atoms with Crippen LogP contribution >= 0.6 is 11.8 Å². The maximum atomic E-state index is 12.9. The van der Waals surface area contributed by atoms with E-state index in [-0.39, 0.29) is 5.91 Å². The van der Waals surface area contributed by atoms with Gasteiger partial charge in [-0.05, 0) is 69.2 Å². The number of hydrogen-bond donors (Lipinski definition) is 0. The van der Waals surface area contributed by atoms with E-state index in [0.29, 0.717) is 17.8 Å². The number of aromatic nitrogens is 3. The average Bonchev–Trinajstić information content (AvgIpc) is 3.11. The van der Waals surface area contributed by atoms with Crippen LogP contribution in [0, 0.1) is 6.92 Å². The molecule has 4 rings (SSSR count). The highest BCUT2D eigenvalue weighted by molar-refractivity contribution is 7.99. The molecule has 28 heavy (non-hydrogen) atoms. The second kappa shape index (κ2) is 7.62. The molecule has 0 aliphatic carbocycles. The predicted octanol–water partition coefficient (Wildman–Crippen LogP) is 4.08. The molecule has 0 bridgehead atoms. The van der Waals surface area contributed by atoms with Gasteiger partial charge in [-0.2, -0.15) is 0 Å². The number of methoxy groups -OCH3 is 1. The Morgan fingerprint density at radius 2 is 1.96 bits per heavy atom. The number of aryl methyl sites for hydroxylation is 1. The van der Waals surface area contributed by atoms with Gasteiger partial charge < -0.3 is 9.64 Å². The van der Waals surface area contributed by atoms with Gasteiger partial charge in [-0.1, -0.05) is 11.8 Å². The number of rotatable bonds is 4. The summed E-state index contributed by atoms with van der Waals surface area (Å²) in [5.41, 5.74) is 2.86. The molecule has 0 radical (unpaired) electrons.